The molecule has 0 aliphatic carbocycles. The summed E-state index contributed by atoms with van der Waals surface area (Å²) in [5.41, 5.74) is 1.39. The summed E-state index contributed by atoms with van der Waals surface area (Å²) in [6.07, 6.45) is 2.21. The summed E-state index contributed by atoms with van der Waals surface area (Å²) in [7, 11) is 0. The maximum absolute atomic E-state index is 4.40. The van der Waals surface area contributed by atoms with Crippen LogP contribution in [0.5, 0.6) is 0 Å². The molecule has 1 unspecified atom stereocenters. The summed E-state index contributed by atoms with van der Waals surface area (Å²) < 4.78 is 0. The Hall–Kier alpha value is -1.51. The first-order valence-electron chi connectivity index (χ1n) is 6.85. The van der Waals surface area contributed by atoms with Gasteiger partial charge in [0.25, 0.3) is 0 Å². The van der Waals surface area contributed by atoms with E-state index in [1.165, 1.54) is 5.56 Å². The number of guanidine groups is 1. The molecule has 0 heterocycles. The zero-order valence-electron chi connectivity index (χ0n) is 11.7. The summed E-state index contributed by atoms with van der Waals surface area (Å²) in [5.74, 6) is 0.917. The number of rotatable bonds is 6. The van der Waals surface area contributed by atoms with Gasteiger partial charge in [-0.05, 0) is 39.2 Å². The van der Waals surface area contributed by atoms with Crippen molar-refractivity contribution < 1.29 is 0 Å². The van der Waals surface area contributed by atoms with Crippen molar-refractivity contribution in [2.45, 2.75) is 39.7 Å². The van der Waals surface area contributed by atoms with Crippen LogP contribution in [0.15, 0.2) is 35.3 Å². The van der Waals surface area contributed by atoms with E-state index >= 15 is 0 Å². The van der Waals surface area contributed by atoms with Crippen LogP contribution in [0.25, 0.3) is 0 Å². The fourth-order valence-electron chi connectivity index (χ4n) is 1.81. The minimum atomic E-state index is 0.426. The molecule has 0 aliphatic heterocycles. The number of hydrogen-bond donors (Lipinski definition) is 2. The fourth-order valence-corrected chi connectivity index (χ4v) is 1.81. The minimum Gasteiger partial charge on any atom is -0.357 e. The Kier molecular flexibility index (Phi) is 6.92. The third-order valence-corrected chi connectivity index (χ3v) is 2.75. The zero-order valence-corrected chi connectivity index (χ0v) is 11.7. The Labute approximate surface area is 111 Å². The Balaban J connectivity index is 2.36. The molecular weight excluding hydrogens is 222 g/mol. The van der Waals surface area contributed by atoms with E-state index in [-0.39, 0.29) is 0 Å². The van der Waals surface area contributed by atoms with Crippen molar-refractivity contribution >= 4 is 5.96 Å². The molecule has 18 heavy (non-hydrogen) atoms. The standard InChI is InChI=1S/C15H25N3/c1-4-16-15(17-5-2)18-13(3)11-12-14-9-7-6-8-10-14/h6-10,13H,4-5,11-12H2,1-3H3,(H2,16,17,18). The van der Waals surface area contributed by atoms with E-state index in [2.05, 4.69) is 59.8 Å². The third kappa shape index (κ3) is 5.71. The smallest absolute Gasteiger partial charge is 0.191 e. The van der Waals surface area contributed by atoms with E-state index in [0.717, 1.165) is 31.9 Å². The van der Waals surface area contributed by atoms with Crippen molar-refractivity contribution in [3.63, 3.8) is 0 Å². The monoisotopic (exact) mass is 247 g/mol. The van der Waals surface area contributed by atoms with Gasteiger partial charge in [-0.15, -0.1) is 0 Å². The largest absolute Gasteiger partial charge is 0.357 e. The van der Waals surface area contributed by atoms with E-state index in [0.29, 0.717) is 6.04 Å². The Morgan fingerprint density at radius 3 is 2.56 bits per heavy atom. The lowest BCUT2D eigenvalue weighted by molar-refractivity contribution is 0.594. The molecule has 0 saturated heterocycles. The van der Waals surface area contributed by atoms with Gasteiger partial charge in [0, 0.05) is 19.1 Å². The molecule has 1 rings (SSSR count). The average Bonchev–Trinajstić information content (AvgIpc) is 2.38. The second kappa shape index (κ2) is 8.56. The fraction of sp³-hybridized carbons (Fsp3) is 0.533. The van der Waals surface area contributed by atoms with Gasteiger partial charge < -0.3 is 10.6 Å². The van der Waals surface area contributed by atoms with Crippen molar-refractivity contribution in [1.29, 1.82) is 0 Å². The molecule has 0 aliphatic rings. The third-order valence-electron chi connectivity index (χ3n) is 2.75. The van der Waals surface area contributed by atoms with Crippen LogP contribution in [0.1, 0.15) is 32.8 Å². The van der Waals surface area contributed by atoms with Crippen LogP contribution in [0.3, 0.4) is 0 Å². The first-order valence-corrected chi connectivity index (χ1v) is 6.85. The van der Waals surface area contributed by atoms with Crippen molar-refractivity contribution in [2.24, 2.45) is 4.99 Å². The lowest BCUT2D eigenvalue weighted by atomic mass is 10.1. The van der Waals surface area contributed by atoms with E-state index < -0.39 is 0 Å². The molecule has 1 aromatic carbocycles. The molecule has 100 valence electrons. The maximum atomic E-state index is 4.40. The molecule has 0 radical (unpaired) electrons. The molecule has 3 nitrogen and oxygen atoms in total. The Bertz CT molecular complexity index is 346. The normalized spacial score (nSPS) is 13.2. The maximum Gasteiger partial charge on any atom is 0.191 e. The van der Waals surface area contributed by atoms with Crippen LogP contribution >= 0.6 is 0 Å². The van der Waals surface area contributed by atoms with E-state index in [1.807, 2.05) is 6.92 Å². The van der Waals surface area contributed by atoms with Crippen molar-refractivity contribution in [1.82, 2.24) is 10.6 Å². The van der Waals surface area contributed by atoms with Gasteiger partial charge in [-0.3, -0.25) is 4.99 Å². The minimum absolute atomic E-state index is 0.426. The van der Waals surface area contributed by atoms with Crippen LogP contribution < -0.4 is 10.6 Å². The van der Waals surface area contributed by atoms with Crippen molar-refractivity contribution in [2.75, 3.05) is 13.1 Å². The molecular formula is C15H25N3. The van der Waals surface area contributed by atoms with Crippen LogP contribution in [-0.4, -0.2) is 25.1 Å². The molecule has 0 spiro atoms. The molecule has 3 heteroatoms. The zero-order chi connectivity index (χ0) is 13.2. The molecule has 0 amide bonds. The molecule has 0 aromatic heterocycles. The summed E-state index contributed by atoms with van der Waals surface area (Å²) in [4.78, 5) is 4.40. The highest BCUT2D eigenvalue weighted by Gasteiger charge is 2.04. The molecule has 0 bridgehead atoms. The second-order valence-corrected chi connectivity index (χ2v) is 4.42. The van der Waals surface area contributed by atoms with Crippen LogP contribution in [0, 0.1) is 0 Å². The molecule has 0 saturated carbocycles. The summed E-state index contributed by atoms with van der Waals surface area (Å²) >= 11 is 0. The highest BCUT2D eigenvalue weighted by molar-refractivity contribution is 5.79. The molecule has 0 fully saturated rings. The molecule has 2 N–H and O–H groups in total. The van der Waals surface area contributed by atoms with E-state index in [9.17, 15) is 0 Å². The van der Waals surface area contributed by atoms with Gasteiger partial charge in [-0.25, -0.2) is 0 Å². The van der Waals surface area contributed by atoms with Gasteiger partial charge in [0.05, 0.1) is 0 Å². The van der Waals surface area contributed by atoms with Crippen molar-refractivity contribution in [3.8, 4) is 0 Å². The second-order valence-electron chi connectivity index (χ2n) is 4.42. The first kappa shape index (κ1) is 14.6. The quantitative estimate of drug-likeness (QED) is 0.599. The number of nitrogens with zero attached hydrogens (tertiary/aromatic N) is 1. The lowest BCUT2D eigenvalue weighted by Gasteiger charge is -2.17. The SMILES string of the molecule is CCN=C(NCC)NC(C)CCc1ccccc1. The predicted molar refractivity (Wildman–Crippen MR) is 79.0 cm³/mol. The number of nitrogens with one attached hydrogen (secondary N) is 2. The summed E-state index contributed by atoms with van der Waals surface area (Å²) in [5, 5.41) is 6.68. The number of aliphatic imine (C=N–C) groups is 1. The van der Waals surface area contributed by atoms with Gasteiger partial charge >= 0.3 is 0 Å². The lowest BCUT2D eigenvalue weighted by Crippen LogP contribution is -2.42. The molecule has 1 atom stereocenters. The number of aryl methyl sites for hydroxylation is 1. The van der Waals surface area contributed by atoms with Crippen LogP contribution in [-0.2, 0) is 6.42 Å². The van der Waals surface area contributed by atoms with Gasteiger partial charge in [-0.1, -0.05) is 30.3 Å². The highest BCUT2D eigenvalue weighted by Crippen LogP contribution is 2.04. The molecule has 1 aromatic rings. The van der Waals surface area contributed by atoms with Gasteiger partial charge in [-0.2, -0.15) is 0 Å². The van der Waals surface area contributed by atoms with E-state index in [1.54, 1.807) is 0 Å². The first-order chi connectivity index (χ1) is 8.76. The van der Waals surface area contributed by atoms with Gasteiger partial charge in [0.1, 0.15) is 0 Å². The average molecular weight is 247 g/mol. The van der Waals surface area contributed by atoms with Crippen LogP contribution in [0.4, 0.5) is 0 Å². The Morgan fingerprint density at radius 2 is 1.94 bits per heavy atom. The number of benzene rings is 1. The topological polar surface area (TPSA) is 36.4 Å². The van der Waals surface area contributed by atoms with Crippen molar-refractivity contribution in [3.05, 3.63) is 35.9 Å². The van der Waals surface area contributed by atoms with Gasteiger partial charge in [0.2, 0.25) is 0 Å². The van der Waals surface area contributed by atoms with Crippen LogP contribution in [0.2, 0.25) is 0 Å². The number of hydrogen-bond acceptors (Lipinski definition) is 1. The highest BCUT2D eigenvalue weighted by atomic mass is 15.2. The summed E-state index contributed by atoms with van der Waals surface area (Å²) in [6.45, 7) is 8.04. The van der Waals surface area contributed by atoms with E-state index in [4.69, 9.17) is 0 Å². The summed E-state index contributed by atoms with van der Waals surface area (Å²) in [6, 6.07) is 11.0. The van der Waals surface area contributed by atoms with Gasteiger partial charge in [0.15, 0.2) is 5.96 Å². The Morgan fingerprint density at radius 1 is 1.22 bits per heavy atom. The predicted octanol–water partition coefficient (Wildman–Crippen LogP) is 2.58.